The summed E-state index contributed by atoms with van der Waals surface area (Å²) in [5.74, 6) is 1.94. The molecule has 0 fully saturated rings. The van der Waals surface area contributed by atoms with Crippen molar-refractivity contribution in [3.63, 3.8) is 0 Å². The molecule has 0 bridgehead atoms. The Bertz CT molecular complexity index is 163. The van der Waals surface area contributed by atoms with E-state index >= 15 is 0 Å². The van der Waals surface area contributed by atoms with E-state index < -0.39 is 0 Å². The summed E-state index contributed by atoms with van der Waals surface area (Å²) < 4.78 is 3.75. The van der Waals surface area contributed by atoms with Crippen molar-refractivity contribution in [3.8, 4) is 0 Å². The Labute approximate surface area is 68.2 Å². The minimum absolute atomic E-state index is 0.738. The number of nitrogens with two attached hydrogens (primary N) is 1. The Morgan fingerprint density at radius 2 is 2.60 bits per heavy atom. The van der Waals surface area contributed by atoms with E-state index in [9.17, 15) is 0 Å². The van der Waals surface area contributed by atoms with Gasteiger partial charge in [0.15, 0.2) is 0 Å². The summed E-state index contributed by atoms with van der Waals surface area (Å²) in [6.45, 7) is 0.738. The number of hydrogen-bond donors (Lipinski definition) is 1. The fourth-order valence-corrected chi connectivity index (χ4v) is 1.72. The minimum Gasteiger partial charge on any atom is -0.330 e. The second-order valence-electron chi connectivity index (χ2n) is 1.74. The molecule has 56 valence electrons. The van der Waals surface area contributed by atoms with Crippen LogP contribution in [-0.4, -0.2) is 21.9 Å². The fourth-order valence-electron chi connectivity index (χ4n) is 0.507. The normalized spacial score (nSPS) is 10.1. The van der Waals surface area contributed by atoms with Crippen molar-refractivity contribution in [3.05, 3.63) is 11.1 Å². The molecule has 1 aromatic heterocycles. The summed E-state index contributed by atoms with van der Waals surface area (Å²) in [7, 11) is 0. The maximum atomic E-state index is 5.31. The lowest BCUT2D eigenvalue weighted by Gasteiger charge is -1.92. The number of rotatable bonds is 4. The standard InChI is InChI=1S/C5H9N3S2/c6-1-2-9-3-5-4-10-8-7-5/h4H,1-3,6H2. The van der Waals surface area contributed by atoms with Crippen LogP contribution in [0.4, 0.5) is 0 Å². The summed E-state index contributed by atoms with van der Waals surface area (Å²) >= 11 is 3.18. The van der Waals surface area contributed by atoms with Gasteiger partial charge in [-0.25, -0.2) is 0 Å². The van der Waals surface area contributed by atoms with E-state index in [4.69, 9.17) is 5.73 Å². The average molecular weight is 175 g/mol. The molecule has 0 radical (unpaired) electrons. The van der Waals surface area contributed by atoms with E-state index in [2.05, 4.69) is 9.59 Å². The largest absolute Gasteiger partial charge is 0.330 e. The summed E-state index contributed by atoms with van der Waals surface area (Å²) in [5, 5.41) is 5.86. The van der Waals surface area contributed by atoms with Gasteiger partial charge in [-0.15, -0.1) is 5.10 Å². The minimum atomic E-state index is 0.738. The van der Waals surface area contributed by atoms with Crippen LogP contribution in [0.5, 0.6) is 0 Å². The van der Waals surface area contributed by atoms with Crippen molar-refractivity contribution < 1.29 is 0 Å². The van der Waals surface area contributed by atoms with E-state index in [0.29, 0.717) is 0 Å². The molecular weight excluding hydrogens is 166 g/mol. The Morgan fingerprint density at radius 3 is 3.20 bits per heavy atom. The third-order valence-electron chi connectivity index (χ3n) is 0.917. The Kier molecular flexibility index (Phi) is 3.71. The van der Waals surface area contributed by atoms with Crippen molar-refractivity contribution in [2.24, 2.45) is 5.73 Å². The highest BCUT2D eigenvalue weighted by Crippen LogP contribution is 2.08. The molecule has 0 spiro atoms. The van der Waals surface area contributed by atoms with Gasteiger partial charge in [0.25, 0.3) is 0 Å². The Hall–Kier alpha value is -0.130. The lowest BCUT2D eigenvalue weighted by Crippen LogP contribution is -2.01. The quantitative estimate of drug-likeness (QED) is 0.685. The van der Waals surface area contributed by atoms with Gasteiger partial charge in [-0.3, -0.25) is 0 Å². The molecule has 5 heteroatoms. The van der Waals surface area contributed by atoms with Crippen molar-refractivity contribution in [1.29, 1.82) is 0 Å². The molecule has 1 heterocycles. The van der Waals surface area contributed by atoms with E-state index in [1.54, 1.807) is 11.8 Å². The molecule has 0 aliphatic rings. The van der Waals surface area contributed by atoms with Crippen molar-refractivity contribution in [2.75, 3.05) is 12.3 Å². The molecule has 0 aromatic carbocycles. The van der Waals surface area contributed by atoms with Crippen LogP contribution in [0.3, 0.4) is 0 Å². The second kappa shape index (κ2) is 4.65. The van der Waals surface area contributed by atoms with Gasteiger partial charge >= 0.3 is 0 Å². The number of thioether (sulfide) groups is 1. The summed E-state index contributed by atoms with van der Waals surface area (Å²) in [5.41, 5.74) is 6.37. The van der Waals surface area contributed by atoms with E-state index in [0.717, 1.165) is 23.7 Å². The lowest BCUT2D eigenvalue weighted by molar-refractivity contribution is 1.07. The first-order valence-corrected chi connectivity index (χ1v) is 4.96. The van der Waals surface area contributed by atoms with Gasteiger partial charge in [0.2, 0.25) is 0 Å². The molecular formula is C5H9N3S2. The van der Waals surface area contributed by atoms with Crippen LogP contribution in [0.25, 0.3) is 0 Å². The Balaban J connectivity index is 2.15. The predicted molar refractivity (Wildman–Crippen MR) is 45.1 cm³/mol. The van der Waals surface area contributed by atoms with E-state index in [-0.39, 0.29) is 0 Å². The van der Waals surface area contributed by atoms with Crippen molar-refractivity contribution in [2.45, 2.75) is 5.75 Å². The topological polar surface area (TPSA) is 51.8 Å². The maximum Gasteiger partial charge on any atom is 0.0854 e. The first-order valence-electron chi connectivity index (χ1n) is 2.97. The highest BCUT2D eigenvalue weighted by atomic mass is 32.2. The predicted octanol–water partition coefficient (Wildman–Crippen LogP) is 0.730. The first kappa shape index (κ1) is 7.97. The molecule has 0 atom stereocenters. The zero-order valence-corrected chi connectivity index (χ0v) is 7.12. The molecule has 0 aliphatic carbocycles. The molecule has 0 saturated carbocycles. The third kappa shape index (κ3) is 2.64. The third-order valence-corrected chi connectivity index (χ3v) is 2.49. The molecule has 1 aromatic rings. The highest BCUT2D eigenvalue weighted by molar-refractivity contribution is 7.98. The molecule has 1 rings (SSSR count). The van der Waals surface area contributed by atoms with Crippen LogP contribution >= 0.6 is 23.3 Å². The molecule has 2 N–H and O–H groups in total. The summed E-state index contributed by atoms with van der Waals surface area (Å²) in [6, 6.07) is 0. The van der Waals surface area contributed by atoms with Gasteiger partial charge in [0.1, 0.15) is 0 Å². The molecule has 0 unspecified atom stereocenters. The summed E-state index contributed by atoms with van der Waals surface area (Å²) in [4.78, 5) is 0. The van der Waals surface area contributed by atoms with Crippen LogP contribution < -0.4 is 5.73 Å². The molecule has 3 nitrogen and oxygen atoms in total. The number of hydrogen-bond acceptors (Lipinski definition) is 5. The van der Waals surface area contributed by atoms with Gasteiger partial charge in [-0.2, -0.15) is 11.8 Å². The zero-order chi connectivity index (χ0) is 7.23. The Morgan fingerprint density at radius 1 is 1.70 bits per heavy atom. The lowest BCUT2D eigenvalue weighted by atomic mass is 10.6. The number of aromatic nitrogens is 2. The van der Waals surface area contributed by atoms with Crippen LogP contribution in [0.1, 0.15) is 5.69 Å². The van der Waals surface area contributed by atoms with Gasteiger partial charge in [-0.05, 0) is 11.5 Å². The van der Waals surface area contributed by atoms with Gasteiger partial charge in [0.05, 0.1) is 5.69 Å². The first-order chi connectivity index (χ1) is 4.93. The van der Waals surface area contributed by atoms with E-state index in [1.807, 2.05) is 5.38 Å². The smallest absolute Gasteiger partial charge is 0.0854 e. The highest BCUT2D eigenvalue weighted by Gasteiger charge is 1.94. The van der Waals surface area contributed by atoms with Crippen molar-refractivity contribution >= 4 is 23.3 Å². The molecule has 0 amide bonds. The SMILES string of the molecule is NCCSCc1csnn1. The zero-order valence-electron chi connectivity index (χ0n) is 5.49. The fraction of sp³-hybridized carbons (Fsp3) is 0.600. The monoisotopic (exact) mass is 175 g/mol. The summed E-state index contributed by atoms with van der Waals surface area (Å²) in [6.07, 6.45) is 0. The van der Waals surface area contributed by atoms with Crippen LogP contribution in [-0.2, 0) is 5.75 Å². The molecule has 0 aliphatic heterocycles. The number of nitrogens with zero attached hydrogens (tertiary/aromatic N) is 2. The van der Waals surface area contributed by atoms with Gasteiger partial charge in [-0.1, -0.05) is 4.49 Å². The van der Waals surface area contributed by atoms with Crippen LogP contribution in [0.2, 0.25) is 0 Å². The van der Waals surface area contributed by atoms with Gasteiger partial charge in [0, 0.05) is 23.4 Å². The van der Waals surface area contributed by atoms with Crippen LogP contribution in [0, 0.1) is 0 Å². The van der Waals surface area contributed by atoms with Gasteiger partial charge < -0.3 is 5.73 Å². The maximum absolute atomic E-state index is 5.31. The van der Waals surface area contributed by atoms with E-state index in [1.165, 1.54) is 11.5 Å². The molecule has 0 saturated heterocycles. The van der Waals surface area contributed by atoms with Crippen molar-refractivity contribution in [1.82, 2.24) is 9.59 Å². The second-order valence-corrected chi connectivity index (χ2v) is 3.45. The van der Waals surface area contributed by atoms with Crippen LogP contribution in [0.15, 0.2) is 5.38 Å². The average Bonchev–Trinajstić information content (AvgIpc) is 2.41. The molecule has 10 heavy (non-hydrogen) atoms.